The first-order valence-corrected chi connectivity index (χ1v) is 3.89. The van der Waals surface area contributed by atoms with Gasteiger partial charge in [-0.15, -0.1) is 6.58 Å². The molecule has 0 atom stereocenters. The molecular formula is C8H15NS. The molecule has 0 aliphatic rings. The molecule has 1 nitrogen and oxygen atoms in total. The quantitative estimate of drug-likeness (QED) is 0.287. The Hall–Kier alpha value is -0.460. The maximum Gasteiger partial charge on any atom is 0.0554 e. The van der Waals surface area contributed by atoms with E-state index in [1.807, 2.05) is 6.08 Å². The van der Waals surface area contributed by atoms with Crippen molar-refractivity contribution < 1.29 is 0 Å². The van der Waals surface area contributed by atoms with Crippen LogP contribution in [0.5, 0.6) is 0 Å². The van der Waals surface area contributed by atoms with Crippen LogP contribution in [0.1, 0.15) is 32.6 Å². The molecule has 58 valence electrons. The Morgan fingerprint density at radius 2 is 2.10 bits per heavy atom. The smallest absolute Gasteiger partial charge is 0.0554 e. The zero-order valence-corrected chi connectivity index (χ0v) is 7.34. The van der Waals surface area contributed by atoms with Crippen LogP contribution in [-0.4, -0.2) is 5.16 Å². The number of rotatable bonds is 4. The minimum Gasteiger partial charge on any atom is -0.248 e. The minimum absolute atomic E-state index is 1.19. The van der Waals surface area contributed by atoms with Gasteiger partial charge in [-0.05, 0) is 25.1 Å². The Kier molecular flexibility index (Phi) is 19.4. The van der Waals surface area contributed by atoms with Crippen molar-refractivity contribution in [3.63, 3.8) is 0 Å². The summed E-state index contributed by atoms with van der Waals surface area (Å²) in [5.41, 5.74) is 0. The summed E-state index contributed by atoms with van der Waals surface area (Å²) in [4.78, 5) is 0. The zero-order chi connectivity index (χ0) is 8.24. The first-order valence-electron chi connectivity index (χ1n) is 3.48. The van der Waals surface area contributed by atoms with Gasteiger partial charge in [-0.25, -0.2) is 5.41 Å². The largest absolute Gasteiger partial charge is 0.248 e. The SMILES string of the molecule is C=CCCCCC.N=C=S. The Morgan fingerprint density at radius 1 is 1.60 bits per heavy atom. The molecule has 0 aromatic heterocycles. The molecule has 0 amide bonds. The molecule has 0 aliphatic heterocycles. The van der Waals surface area contributed by atoms with E-state index >= 15 is 0 Å². The molecule has 0 aromatic carbocycles. The van der Waals surface area contributed by atoms with Crippen molar-refractivity contribution in [2.75, 3.05) is 0 Å². The van der Waals surface area contributed by atoms with Crippen LogP contribution in [0, 0.1) is 5.41 Å². The predicted octanol–water partition coefficient (Wildman–Crippen LogP) is 3.42. The molecule has 0 saturated carbocycles. The summed E-state index contributed by atoms with van der Waals surface area (Å²) < 4.78 is 0. The van der Waals surface area contributed by atoms with E-state index in [9.17, 15) is 0 Å². The summed E-state index contributed by atoms with van der Waals surface area (Å²) in [5.74, 6) is 0. The molecule has 0 radical (unpaired) electrons. The van der Waals surface area contributed by atoms with E-state index in [1.165, 1.54) is 25.7 Å². The van der Waals surface area contributed by atoms with E-state index in [0.717, 1.165) is 0 Å². The van der Waals surface area contributed by atoms with Crippen LogP contribution in [0.3, 0.4) is 0 Å². The Morgan fingerprint density at radius 3 is 2.40 bits per heavy atom. The lowest BCUT2D eigenvalue weighted by atomic mass is 10.2. The van der Waals surface area contributed by atoms with Crippen molar-refractivity contribution in [1.82, 2.24) is 0 Å². The standard InChI is InChI=1S/C7H14.CHNS/c1-3-5-7-6-4-2;2-1-3/h3H,1,4-7H2,2H3;2H. The van der Waals surface area contributed by atoms with Crippen LogP contribution >= 0.6 is 12.2 Å². The van der Waals surface area contributed by atoms with Crippen LogP contribution < -0.4 is 0 Å². The normalized spacial score (nSPS) is 6.90. The highest BCUT2D eigenvalue weighted by molar-refractivity contribution is 7.78. The number of hydrogen-bond acceptors (Lipinski definition) is 2. The molecule has 0 aromatic rings. The van der Waals surface area contributed by atoms with Crippen molar-refractivity contribution in [3.8, 4) is 0 Å². The van der Waals surface area contributed by atoms with E-state index in [2.05, 4.69) is 25.7 Å². The van der Waals surface area contributed by atoms with Gasteiger partial charge in [0.15, 0.2) is 0 Å². The molecule has 2 heteroatoms. The highest BCUT2D eigenvalue weighted by atomic mass is 32.1. The van der Waals surface area contributed by atoms with Gasteiger partial charge in [-0.2, -0.15) is 0 Å². The molecule has 0 bridgehead atoms. The average Bonchev–Trinajstić information content (AvgIpc) is 1.91. The lowest BCUT2D eigenvalue weighted by Crippen LogP contribution is -1.67. The van der Waals surface area contributed by atoms with E-state index in [-0.39, 0.29) is 0 Å². The highest BCUT2D eigenvalue weighted by Gasteiger charge is 1.77. The lowest BCUT2D eigenvalue weighted by Gasteiger charge is -1.87. The predicted molar refractivity (Wildman–Crippen MR) is 49.7 cm³/mol. The third-order valence-electron chi connectivity index (χ3n) is 1.01. The maximum absolute atomic E-state index is 5.77. The van der Waals surface area contributed by atoms with Gasteiger partial charge in [-0.3, -0.25) is 0 Å². The Balaban J connectivity index is 0. The fraction of sp³-hybridized carbons (Fsp3) is 0.625. The van der Waals surface area contributed by atoms with E-state index in [4.69, 9.17) is 5.41 Å². The molecule has 0 aliphatic carbocycles. The van der Waals surface area contributed by atoms with Crippen LogP contribution in [-0.2, 0) is 0 Å². The third kappa shape index (κ3) is 25.7. The molecule has 0 fully saturated rings. The van der Waals surface area contributed by atoms with Crippen LogP contribution in [0.2, 0.25) is 0 Å². The lowest BCUT2D eigenvalue weighted by molar-refractivity contribution is 0.730. The van der Waals surface area contributed by atoms with Gasteiger partial charge < -0.3 is 0 Å². The number of allylic oxidation sites excluding steroid dienone is 1. The summed E-state index contributed by atoms with van der Waals surface area (Å²) in [6.07, 6.45) is 7.16. The van der Waals surface area contributed by atoms with Gasteiger partial charge in [0.05, 0.1) is 5.16 Å². The second-order valence-electron chi connectivity index (χ2n) is 1.89. The van der Waals surface area contributed by atoms with E-state index < -0.39 is 0 Å². The number of thiocarbonyl (C=S) groups is 1. The summed E-state index contributed by atoms with van der Waals surface area (Å²) in [6, 6.07) is 0. The van der Waals surface area contributed by atoms with Crippen molar-refractivity contribution in [3.05, 3.63) is 12.7 Å². The zero-order valence-electron chi connectivity index (χ0n) is 6.52. The minimum atomic E-state index is 1.19. The summed E-state index contributed by atoms with van der Waals surface area (Å²) in [5, 5.41) is 7.36. The van der Waals surface area contributed by atoms with Gasteiger partial charge in [0, 0.05) is 0 Å². The van der Waals surface area contributed by atoms with Gasteiger partial charge in [0.1, 0.15) is 0 Å². The summed E-state index contributed by atoms with van der Waals surface area (Å²) >= 11 is 3.81. The number of hydrogen-bond donors (Lipinski definition) is 1. The first kappa shape index (κ1) is 12.2. The molecule has 10 heavy (non-hydrogen) atoms. The second-order valence-corrected chi connectivity index (χ2v) is 2.09. The monoisotopic (exact) mass is 157 g/mol. The average molecular weight is 157 g/mol. The Bertz CT molecular complexity index is 93.4. The van der Waals surface area contributed by atoms with Crippen molar-refractivity contribution >= 4 is 17.4 Å². The van der Waals surface area contributed by atoms with Crippen molar-refractivity contribution in [1.29, 1.82) is 5.41 Å². The van der Waals surface area contributed by atoms with Crippen LogP contribution in [0.4, 0.5) is 0 Å². The Labute approximate surface area is 68.7 Å². The second kappa shape index (κ2) is 15.8. The van der Waals surface area contributed by atoms with Crippen molar-refractivity contribution in [2.24, 2.45) is 0 Å². The fourth-order valence-electron chi connectivity index (χ4n) is 0.539. The molecule has 0 unspecified atom stereocenters. The molecule has 0 heterocycles. The van der Waals surface area contributed by atoms with Gasteiger partial charge in [0.25, 0.3) is 0 Å². The summed E-state index contributed by atoms with van der Waals surface area (Å²) in [6.45, 7) is 5.84. The molecular weight excluding hydrogens is 142 g/mol. The highest BCUT2D eigenvalue weighted by Crippen LogP contribution is 1.97. The van der Waals surface area contributed by atoms with Crippen LogP contribution in [0.25, 0.3) is 0 Å². The van der Waals surface area contributed by atoms with Gasteiger partial charge >= 0.3 is 0 Å². The topological polar surface area (TPSA) is 23.9 Å². The number of isothiocyanates is 1. The molecule has 1 N–H and O–H groups in total. The maximum atomic E-state index is 5.77. The van der Waals surface area contributed by atoms with Crippen LogP contribution in [0.15, 0.2) is 12.7 Å². The van der Waals surface area contributed by atoms with Gasteiger partial charge in [-0.1, -0.05) is 25.8 Å². The van der Waals surface area contributed by atoms with E-state index in [1.54, 1.807) is 5.16 Å². The van der Waals surface area contributed by atoms with E-state index in [0.29, 0.717) is 0 Å². The molecule has 0 saturated heterocycles. The fourth-order valence-corrected chi connectivity index (χ4v) is 0.539. The number of unbranched alkanes of at least 4 members (excludes halogenated alkanes) is 3. The number of nitrogens with one attached hydrogen (secondary N) is 1. The molecule has 0 rings (SSSR count). The van der Waals surface area contributed by atoms with Gasteiger partial charge in [0.2, 0.25) is 0 Å². The third-order valence-corrected chi connectivity index (χ3v) is 1.01. The summed E-state index contributed by atoms with van der Waals surface area (Å²) in [7, 11) is 0. The van der Waals surface area contributed by atoms with Crippen molar-refractivity contribution in [2.45, 2.75) is 32.6 Å². The molecule has 0 spiro atoms. The first-order chi connectivity index (χ1) is 4.83.